The summed E-state index contributed by atoms with van der Waals surface area (Å²) in [5, 5.41) is 3.51. The van der Waals surface area contributed by atoms with E-state index in [1.165, 1.54) is 0 Å². The molecule has 4 heteroatoms. The van der Waals surface area contributed by atoms with E-state index in [9.17, 15) is 9.59 Å². The summed E-state index contributed by atoms with van der Waals surface area (Å²) in [6, 6.07) is 0. The van der Waals surface area contributed by atoms with E-state index in [1.54, 1.807) is 10.0 Å². The summed E-state index contributed by atoms with van der Waals surface area (Å²) in [5.74, 6) is 0.389. The number of rotatable bonds is 7. The fraction of sp³-hybridized carbons (Fsp3) is 0.913. The van der Waals surface area contributed by atoms with Gasteiger partial charge in [-0.15, -0.1) is 0 Å². The molecule has 160 valence electrons. The highest BCUT2D eigenvalue weighted by atomic mass is 16.2. The molecule has 27 heavy (non-hydrogen) atoms. The lowest BCUT2D eigenvalue weighted by Crippen LogP contribution is -2.52. The van der Waals surface area contributed by atoms with Gasteiger partial charge in [0.2, 0.25) is 11.8 Å². The van der Waals surface area contributed by atoms with E-state index in [0.717, 1.165) is 12.8 Å². The van der Waals surface area contributed by atoms with Gasteiger partial charge in [-0.1, -0.05) is 76.2 Å². The molecule has 0 aliphatic carbocycles. The van der Waals surface area contributed by atoms with Crippen LogP contribution in [-0.4, -0.2) is 34.9 Å². The van der Waals surface area contributed by atoms with E-state index in [-0.39, 0.29) is 34.0 Å². The van der Waals surface area contributed by atoms with Crippen molar-refractivity contribution >= 4 is 11.8 Å². The van der Waals surface area contributed by atoms with Gasteiger partial charge in [-0.25, -0.2) is 0 Å². The van der Waals surface area contributed by atoms with Crippen LogP contribution in [0.1, 0.15) is 102 Å². The van der Waals surface area contributed by atoms with Crippen LogP contribution in [0.4, 0.5) is 0 Å². The van der Waals surface area contributed by atoms with Gasteiger partial charge in [0.25, 0.3) is 0 Å². The number of nitrogens with zero attached hydrogens (tertiary/aromatic N) is 2. The van der Waals surface area contributed by atoms with E-state index in [2.05, 4.69) is 76.2 Å². The molecule has 0 atom stereocenters. The van der Waals surface area contributed by atoms with Crippen molar-refractivity contribution in [1.29, 1.82) is 0 Å². The molecular formula is C23H46N2O2. The molecule has 0 aliphatic rings. The Hall–Kier alpha value is -1.06. The van der Waals surface area contributed by atoms with E-state index in [1.807, 2.05) is 0 Å². The average Bonchev–Trinajstić information content (AvgIpc) is 2.36. The van der Waals surface area contributed by atoms with E-state index in [0.29, 0.717) is 25.9 Å². The molecular weight excluding hydrogens is 336 g/mol. The Kier molecular flexibility index (Phi) is 9.54. The Morgan fingerprint density at radius 3 is 1.33 bits per heavy atom. The van der Waals surface area contributed by atoms with Crippen LogP contribution in [0.15, 0.2) is 0 Å². The lowest BCUT2D eigenvalue weighted by Gasteiger charge is -2.39. The second-order valence-electron chi connectivity index (χ2n) is 12.0. The molecule has 0 saturated heterocycles. The number of hydrazine groups is 1. The summed E-state index contributed by atoms with van der Waals surface area (Å²) < 4.78 is 0. The summed E-state index contributed by atoms with van der Waals surface area (Å²) in [6.45, 7) is 24.6. The molecule has 0 N–H and O–H groups in total. The van der Waals surface area contributed by atoms with Crippen molar-refractivity contribution in [2.75, 3.05) is 13.1 Å². The predicted octanol–water partition coefficient (Wildman–Crippen LogP) is 5.91. The number of carbonyl (C=O) groups excluding carboxylic acids is 2. The number of hydrogen-bond donors (Lipinski definition) is 0. The third-order valence-electron chi connectivity index (χ3n) is 4.28. The Bertz CT molecular complexity index is 476. The number of amides is 2. The largest absolute Gasteiger partial charge is 0.273 e. The first kappa shape index (κ1) is 25.9. The van der Waals surface area contributed by atoms with Crippen LogP contribution in [0.3, 0.4) is 0 Å². The van der Waals surface area contributed by atoms with E-state index < -0.39 is 0 Å². The van der Waals surface area contributed by atoms with Crippen molar-refractivity contribution in [2.24, 2.45) is 22.2 Å². The van der Waals surface area contributed by atoms with Crippen LogP contribution < -0.4 is 0 Å². The maximum atomic E-state index is 13.2. The maximum absolute atomic E-state index is 13.2. The third kappa shape index (κ3) is 12.9. The Balaban J connectivity index is 5.68. The highest BCUT2D eigenvalue weighted by Crippen LogP contribution is 2.26. The van der Waals surface area contributed by atoms with Gasteiger partial charge in [0.15, 0.2) is 0 Å². The topological polar surface area (TPSA) is 40.6 Å². The lowest BCUT2D eigenvalue weighted by atomic mass is 9.90. The minimum atomic E-state index is -0.103. The van der Waals surface area contributed by atoms with E-state index >= 15 is 0 Å². The third-order valence-corrected chi connectivity index (χ3v) is 4.28. The zero-order valence-corrected chi connectivity index (χ0v) is 20.0. The van der Waals surface area contributed by atoms with Crippen molar-refractivity contribution < 1.29 is 9.59 Å². The zero-order valence-electron chi connectivity index (χ0n) is 20.0. The van der Waals surface area contributed by atoms with Crippen molar-refractivity contribution in [3.05, 3.63) is 0 Å². The first-order valence-electron chi connectivity index (χ1n) is 10.5. The average molecular weight is 383 g/mol. The fourth-order valence-electron chi connectivity index (χ4n) is 2.64. The normalized spacial score (nSPS) is 13.0. The molecule has 2 amide bonds. The first-order valence-corrected chi connectivity index (χ1v) is 10.5. The molecule has 0 saturated carbocycles. The van der Waals surface area contributed by atoms with Crippen LogP contribution >= 0.6 is 0 Å². The summed E-state index contributed by atoms with van der Waals surface area (Å²) in [7, 11) is 0. The molecule has 4 nitrogen and oxygen atoms in total. The van der Waals surface area contributed by atoms with Gasteiger partial charge in [-0.05, 0) is 35.0 Å². The van der Waals surface area contributed by atoms with Gasteiger partial charge in [-0.2, -0.15) is 0 Å². The van der Waals surface area contributed by atoms with Gasteiger partial charge in [0.05, 0.1) is 0 Å². The highest BCUT2D eigenvalue weighted by Gasteiger charge is 2.30. The minimum Gasteiger partial charge on any atom is -0.273 e. The quantitative estimate of drug-likeness (QED) is 0.513. The van der Waals surface area contributed by atoms with Gasteiger partial charge in [0, 0.05) is 25.9 Å². The Morgan fingerprint density at radius 2 is 1.04 bits per heavy atom. The molecule has 0 aliphatic heterocycles. The second-order valence-corrected chi connectivity index (χ2v) is 12.0. The van der Waals surface area contributed by atoms with Gasteiger partial charge >= 0.3 is 0 Å². The molecule has 0 aromatic heterocycles. The molecule has 0 unspecified atom stereocenters. The Labute approximate surface area is 169 Å². The zero-order chi connectivity index (χ0) is 21.6. The standard InChI is InChI=1S/C23H46N2O2/c1-18(2)16-19(26)24(14-12-21(3,4)5)25(15-13-22(6,7)8)20(27)17-23(9,10)11/h18H,12-17H2,1-11H3. The minimum absolute atomic E-state index is 0.0535. The van der Waals surface area contributed by atoms with Crippen molar-refractivity contribution in [2.45, 2.75) is 102 Å². The number of hydrogen-bond acceptors (Lipinski definition) is 2. The van der Waals surface area contributed by atoms with Gasteiger partial charge in [0.1, 0.15) is 0 Å². The van der Waals surface area contributed by atoms with Crippen molar-refractivity contribution in [1.82, 2.24) is 10.0 Å². The smallest absolute Gasteiger partial charge is 0.241 e. The van der Waals surface area contributed by atoms with Gasteiger partial charge < -0.3 is 0 Å². The summed E-state index contributed by atoms with van der Waals surface area (Å²) >= 11 is 0. The summed E-state index contributed by atoms with van der Waals surface area (Å²) in [6.07, 6.45) is 2.65. The number of carbonyl (C=O) groups is 2. The van der Waals surface area contributed by atoms with Crippen LogP contribution in [0, 0.1) is 22.2 Å². The molecule has 0 aromatic rings. The Morgan fingerprint density at radius 1 is 0.667 bits per heavy atom. The van der Waals surface area contributed by atoms with Crippen LogP contribution in [0.5, 0.6) is 0 Å². The van der Waals surface area contributed by atoms with Crippen molar-refractivity contribution in [3.8, 4) is 0 Å². The summed E-state index contributed by atoms with van der Waals surface area (Å²) in [5.41, 5.74) is 0.115. The molecule has 0 spiro atoms. The first-order chi connectivity index (χ1) is 11.9. The molecule has 0 radical (unpaired) electrons. The SMILES string of the molecule is CC(C)CC(=O)N(CCC(C)(C)C)N(CCC(C)(C)C)C(=O)CC(C)(C)C. The fourth-order valence-corrected chi connectivity index (χ4v) is 2.64. The second kappa shape index (κ2) is 9.93. The molecule has 0 fully saturated rings. The van der Waals surface area contributed by atoms with Crippen LogP contribution in [0.25, 0.3) is 0 Å². The molecule has 0 rings (SSSR count). The monoisotopic (exact) mass is 382 g/mol. The van der Waals surface area contributed by atoms with Crippen LogP contribution in [0.2, 0.25) is 0 Å². The maximum Gasteiger partial charge on any atom is 0.241 e. The van der Waals surface area contributed by atoms with Crippen molar-refractivity contribution in [3.63, 3.8) is 0 Å². The van der Waals surface area contributed by atoms with E-state index in [4.69, 9.17) is 0 Å². The lowest BCUT2D eigenvalue weighted by molar-refractivity contribution is -0.167. The predicted molar refractivity (Wildman–Crippen MR) is 115 cm³/mol. The van der Waals surface area contributed by atoms with Crippen LogP contribution in [-0.2, 0) is 9.59 Å². The molecule has 0 heterocycles. The molecule has 0 bridgehead atoms. The van der Waals surface area contributed by atoms with Gasteiger partial charge in [-0.3, -0.25) is 19.6 Å². The summed E-state index contributed by atoms with van der Waals surface area (Å²) in [4.78, 5) is 26.2. The highest BCUT2D eigenvalue weighted by molar-refractivity contribution is 5.82. The molecule has 0 aromatic carbocycles.